The summed E-state index contributed by atoms with van der Waals surface area (Å²) in [7, 11) is 0. The first-order valence-electron chi connectivity index (χ1n) is 9.30. The van der Waals surface area contributed by atoms with Crippen LogP contribution in [0.4, 0.5) is 0 Å². The third-order valence-electron chi connectivity index (χ3n) is 5.32. The SMILES string of the molecule is CC(C)N1CCC(NC(=O)c2cc3c(s2)CCCCCC3)CC1. The Morgan fingerprint density at radius 1 is 1.17 bits per heavy atom. The number of likely N-dealkylation sites (tertiary alicyclic amines) is 1. The number of hydrogen-bond donors (Lipinski definition) is 1. The number of thiophene rings is 1. The van der Waals surface area contributed by atoms with Gasteiger partial charge in [-0.25, -0.2) is 0 Å². The zero-order valence-electron chi connectivity index (χ0n) is 14.6. The van der Waals surface area contributed by atoms with Crippen molar-refractivity contribution in [3.05, 3.63) is 21.4 Å². The minimum Gasteiger partial charge on any atom is -0.349 e. The van der Waals surface area contributed by atoms with Crippen molar-refractivity contribution >= 4 is 17.2 Å². The quantitative estimate of drug-likeness (QED) is 0.906. The van der Waals surface area contributed by atoms with Crippen LogP contribution in [0.1, 0.15) is 72.5 Å². The van der Waals surface area contributed by atoms with E-state index >= 15 is 0 Å². The average molecular weight is 335 g/mol. The van der Waals surface area contributed by atoms with Crippen LogP contribution in [0.3, 0.4) is 0 Å². The molecular weight excluding hydrogens is 304 g/mol. The standard InChI is InChI=1S/C19H30N2OS/c1-14(2)21-11-9-16(10-12-21)20-19(22)18-13-15-7-5-3-4-6-8-17(15)23-18/h13-14,16H,3-12H2,1-2H3,(H,20,22). The molecule has 1 fully saturated rings. The summed E-state index contributed by atoms with van der Waals surface area (Å²) in [5, 5.41) is 3.28. The molecule has 0 radical (unpaired) electrons. The van der Waals surface area contributed by atoms with Crippen molar-refractivity contribution in [2.45, 2.75) is 77.3 Å². The van der Waals surface area contributed by atoms with Gasteiger partial charge in [-0.05, 0) is 64.0 Å². The average Bonchev–Trinajstić information content (AvgIpc) is 2.90. The lowest BCUT2D eigenvalue weighted by atomic mass is 9.99. The molecule has 3 rings (SSSR count). The second kappa shape index (κ2) is 7.80. The summed E-state index contributed by atoms with van der Waals surface area (Å²) in [6.07, 6.45) is 9.72. The lowest BCUT2D eigenvalue weighted by Crippen LogP contribution is -2.46. The molecule has 4 heteroatoms. The first-order valence-corrected chi connectivity index (χ1v) is 10.1. The Balaban J connectivity index is 1.57. The van der Waals surface area contributed by atoms with Crippen LogP contribution in [0.25, 0.3) is 0 Å². The molecule has 2 aliphatic rings. The van der Waals surface area contributed by atoms with Gasteiger partial charge in [0.05, 0.1) is 4.88 Å². The van der Waals surface area contributed by atoms with E-state index in [0.717, 1.165) is 37.2 Å². The van der Waals surface area contributed by atoms with E-state index in [1.807, 2.05) is 0 Å². The fourth-order valence-corrected chi connectivity index (χ4v) is 4.93. The van der Waals surface area contributed by atoms with E-state index in [-0.39, 0.29) is 5.91 Å². The second-order valence-electron chi connectivity index (χ2n) is 7.35. The number of carbonyl (C=O) groups is 1. The number of hydrogen-bond acceptors (Lipinski definition) is 3. The third-order valence-corrected chi connectivity index (χ3v) is 6.55. The van der Waals surface area contributed by atoms with Crippen molar-refractivity contribution in [2.24, 2.45) is 0 Å². The molecule has 0 saturated carbocycles. The predicted molar refractivity (Wildman–Crippen MR) is 97.4 cm³/mol. The Morgan fingerprint density at radius 2 is 1.87 bits per heavy atom. The van der Waals surface area contributed by atoms with Crippen LogP contribution in [0.15, 0.2) is 6.07 Å². The van der Waals surface area contributed by atoms with Crippen molar-refractivity contribution in [2.75, 3.05) is 13.1 Å². The topological polar surface area (TPSA) is 32.3 Å². The molecule has 2 heterocycles. The zero-order chi connectivity index (χ0) is 16.2. The van der Waals surface area contributed by atoms with Crippen molar-refractivity contribution in [3.63, 3.8) is 0 Å². The largest absolute Gasteiger partial charge is 0.349 e. The first-order chi connectivity index (χ1) is 11.1. The highest BCUT2D eigenvalue weighted by atomic mass is 32.1. The van der Waals surface area contributed by atoms with Crippen LogP contribution in [0.5, 0.6) is 0 Å². The van der Waals surface area contributed by atoms with Crippen molar-refractivity contribution in [3.8, 4) is 0 Å². The Hall–Kier alpha value is -0.870. The molecule has 0 atom stereocenters. The molecule has 23 heavy (non-hydrogen) atoms. The molecule has 128 valence electrons. The third kappa shape index (κ3) is 4.36. The van der Waals surface area contributed by atoms with Gasteiger partial charge in [0, 0.05) is 30.1 Å². The highest BCUT2D eigenvalue weighted by Gasteiger charge is 2.23. The number of fused-ring (bicyclic) bond motifs is 1. The Labute approximate surface area is 144 Å². The first kappa shape index (κ1) is 17.0. The van der Waals surface area contributed by atoms with E-state index in [4.69, 9.17) is 0 Å². The van der Waals surface area contributed by atoms with E-state index in [0.29, 0.717) is 12.1 Å². The van der Waals surface area contributed by atoms with E-state index < -0.39 is 0 Å². The number of carbonyl (C=O) groups excluding carboxylic acids is 1. The lowest BCUT2D eigenvalue weighted by molar-refractivity contribution is 0.0904. The molecule has 3 nitrogen and oxygen atoms in total. The molecule has 1 amide bonds. The van der Waals surface area contributed by atoms with Gasteiger partial charge in [-0.15, -0.1) is 11.3 Å². The minimum atomic E-state index is 0.157. The Kier molecular flexibility index (Phi) is 5.76. The van der Waals surface area contributed by atoms with Crippen LogP contribution in [0.2, 0.25) is 0 Å². The maximum Gasteiger partial charge on any atom is 0.261 e. The second-order valence-corrected chi connectivity index (χ2v) is 8.49. The molecule has 1 saturated heterocycles. The normalized spacial score (nSPS) is 20.8. The van der Waals surface area contributed by atoms with Crippen LogP contribution < -0.4 is 5.32 Å². The minimum absolute atomic E-state index is 0.157. The molecule has 1 aliphatic heterocycles. The number of aryl methyl sites for hydroxylation is 2. The molecule has 1 aliphatic carbocycles. The highest BCUT2D eigenvalue weighted by Crippen LogP contribution is 2.28. The van der Waals surface area contributed by atoms with Crippen molar-refractivity contribution < 1.29 is 4.79 Å². The molecular formula is C19H30N2OS. The van der Waals surface area contributed by atoms with Gasteiger partial charge in [-0.2, -0.15) is 0 Å². The van der Waals surface area contributed by atoms with Crippen LogP contribution >= 0.6 is 11.3 Å². The van der Waals surface area contributed by atoms with Gasteiger partial charge in [0.15, 0.2) is 0 Å². The summed E-state index contributed by atoms with van der Waals surface area (Å²) in [6.45, 7) is 6.70. The van der Waals surface area contributed by atoms with Crippen LogP contribution in [0, 0.1) is 0 Å². The van der Waals surface area contributed by atoms with E-state index in [1.54, 1.807) is 11.3 Å². The van der Waals surface area contributed by atoms with E-state index in [9.17, 15) is 4.79 Å². The number of nitrogens with zero attached hydrogens (tertiary/aromatic N) is 1. The van der Waals surface area contributed by atoms with Crippen molar-refractivity contribution in [1.29, 1.82) is 0 Å². The summed E-state index contributed by atoms with van der Waals surface area (Å²) in [6, 6.07) is 3.13. The van der Waals surface area contributed by atoms with E-state index in [2.05, 4.69) is 30.1 Å². The fraction of sp³-hybridized carbons (Fsp3) is 0.737. The van der Waals surface area contributed by atoms with Gasteiger partial charge in [0.25, 0.3) is 5.91 Å². The Bertz CT molecular complexity index is 504. The van der Waals surface area contributed by atoms with Gasteiger partial charge in [0.1, 0.15) is 0 Å². The van der Waals surface area contributed by atoms with Gasteiger partial charge in [-0.1, -0.05) is 12.8 Å². The molecule has 0 bridgehead atoms. The summed E-state index contributed by atoms with van der Waals surface area (Å²) < 4.78 is 0. The maximum atomic E-state index is 12.6. The fourth-order valence-electron chi connectivity index (χ4n) is 3.77. The molecule has 0 spiro atoms. The summed E-state index contributed by atoms with van der Waals surface area (Å²) in [5.41, 5.74) is 1.44. The lowest BCUT2D eigenvalue weighted by Gasteiger charge is -2.34. The smallest absolute Gasteiger partial charge is 0.261 e. The number of amides is 1. The van der Waals surface area contributed by atoms with Gasteiger partial charge in [-0.3, -0.25) is 4.79 Å². The van der Waals surface area contributed by atoms with Crippen LogP contribution in [-0.2, 0) is 12.8 Å². The molecule has 0 unspecified atom stereocenters. The van der Waals surface area contributed by atoms with Crippen molar-refractivity contribution in [1.82, 2.24) is 10.2 Å². The number of piperidine rings is 1. The molecule has 0 aromatic carbocycles. The summed E-state index contributed by atoms with van der Waals surface area (Å²) >= 11 is 1.74. The highest BCUT2D eigenvalue weighted by molar-refractivity contribution is 7.14. The van der Waals surface area contributed by atoms with Gasteiger partial charge < -0.3 is 10.2 Å². The molecule has 1 aromatic heterocycles. The molecule has 1 N–H and O–H groups in total. The predicted octanol–water partition coefficient (Wildman–Crippen LogP) is 4.01. The molecule has 1 aromatic rings. The Morgan fingerprint density at radius 3 is 2.57 bits per heavy atom. The van der Waals surface area contributed by atoms with E-state index in [1.165, 1.54) is 42.5 Å². The summed E-state index contributed by atoms with van der Waals surface area (Å²) in [5.74, 6) is 0.157. The zero-order valence-corrected chi connectivity index (χ0v) is 15.4. The van der Waals surface area contributed by atoms with Gasteiger partial charge >= 0.3 is 0 Å². The number of rotatable bonds is 3. The summed E-state index contributed by atoms with van der Waals surface area (Å²) in [4.78, 5) is 17.5. The maximum absolute atomic E-state index is 12.6. The monoisotopic (exact) mass is 334 g/mol. The van der Waals surface area contributed by atoms with Gasteiger partial charge in [0.2, 0.25) is 0 Å². The number of nitrogens with one attached hydrogen (secondary N) is 1. The van der Waals surface area contributed by atoms with Crippen LogP contribution in [-0.4, -0.2) is 36.0 Å².